The normalized spacial score (nSPS) is 13.5. The SMILES string of the molecule is COC(=O)c1ccc(Nc2ncnc(N3CCN(c4cccc(C)c4C)CC3)c2[N+](=O)[O-])cc1. The fourth-order valence-corrected chi connectivity index (χ4v) is 4.04. The van der Waals surface area contributed by atoms with Gasteiger partial charge in [-0.2, -0.15) is 0 Å². The van der Waals surface area contributed by atoms with Gasteiger partial charge in [-0.05, 0) is 55.3 Å². The fraction of sp³-hybridized carbons (Fsp3) is 0.292. The van der Waals surface area contributed by atoms with Crippen LogP contribution in [0.4, 0.5) is 28.7 Å². The molecule has 1 aromatic heterocycles. The molecule has 3 aromatic rings. The molecule has 1 N–H and O–H groups in total. The largest absolute Gasteiger partial charge is 0.465 e. The predicted molar refractivity (Wildman–Crippen MR) is 130 cm³/mol. The summed E-state index contributed by atoms with van der Waals surface area (Å²) in [6.07, 6.45) is 1.32. The third-order valence-electron chi connectivity index (χ3n) is 6.05. The highest BCUT2D eigenvalue weighted by Crippen LogP contribution is 2.34. The molecule has 1 saturated heterocycles. The maximum absolute atomic E-state index is 12.0. The van der Waals surface area contributed by atoms with Crippen LogP contribution in [0.25, 0.3) is 0 Å². The molecule has 0 spiro atoms. The van der Waals surface area contributed by atoms with Crippen LogP contribution in [0, 0.1) is 24.0 Å². The number of nitrogens with zero attached hydrogens (tertiary/aromatic N) is 5. The number of piperazine rings is 1. The lowest BCUT2D eigenvalue weighted by molar-refractivity contribution is -0.383. The second kappa shape index (κ2) is 9.74. The summed E-state index contributed by atoms with van der Waals surface area (Å²) in [5.74, 6) is -0.0751. The second-order valence-corrected chi connectivity index (χ2v) is 8.04. The molecule has 176 valence electrons. The zero-order chi connectivity index (χ0) is 24.2. The maximum Gasteiger partial charge on any atom is 0.353 e. The van der Waals surface area contributed by atoms with Crippen molar-refractivity contribution in [2.24, 2.45) is 0 Å². The van der Waals surface area contributed by atoms with E-state index in [9.17, 15) is 14.9 Å². The van der Waals surface area contributed by atoms with Gasteiger partial charge in [-0.15, -0.1) is 0 Å². The number of carbonyl (C=O) groups is 1. The van der Waals surface area contributed by atoms with E-state index in [1.54, 1.807) is 24.3 Å². The Morgan fingerprint density at radius 2 is 1.71 bits per heavy atom. The number of aryl methyl sites for hydroxylation is 1. The average molecular weight is 463 g/mol. The van der Waals surface area contributed by atoms with Crippen molar-refractivity contribution in [3.8, 4) is 0 Å². The van der Waals surface area contributed by atoms with Gasteiger partial charge in [0.2, 0.25) is 11.6 Å². The number of esters is 1. The molecule has 1 aliphatic heterocycles. The highest BCUT2D eigenvalue weighted by Gasteiger charge is 2.29. The van der Waals surface area contributed by atoms with Gasteiger partial charge in [0.05, 0.1) is 17.6 Å². The van der Waals surface area contributed by atoms with Gasteiger partial charge in [-0.3, -0.25) is 10.1 Å². The van der Waals surface area contributed by atoms with Crippen LogP contribution in [0.5, 0.6) is 0 Å². The number of rotatable bonds is 6. The van der Waals surface area contributed by atoms with Gasteiger partial charge in [0.1, 0.15) is 6.33 Å². The highest BCUT2D eigenvalue weighted by atomic mass is 16.6. The number of hydrogen-bond donors (Lipinski definition) is 1. The van der Waals surface area contributed by atoms with Crippen molar-refractivity contribution in [1.82, 2.24) is 9.97 Å². The summed E-state index contributed by atoms with van der Waals surface area (Å²) in [7, 11) is 1.31. The number of nitrogens with one attached hydrogen (secondary N) is 1. The van der Waals surface area contributed by atoms with Crippen LogP contribution in [0.2, 0.25) is 0 Å². The molecule has 0 radical (unpaired) electrons. The Kier molecular flexibility index (Phi) is 6.58. The van der Waals surface area contributed by atoms with Crippen molar-refractivity contribution >= 4 is 34.7 Å². The summed E-state index contributed by atoms with van der Waals surface area (Å²) >= 11 is 0. The van der Waals surface area contributed by atoms with Crippen LogP contribution in [0.3, 0.4) is 0 Å². The number of anilines is 4. The van der Waals surface area contributed by atoms with E-state index in [1.165, 1.54) is 30.3 Å². The van der Waals surface area contributed by atoms with E-state index in [0.717, 1.165) is 13.1 Å². The van der Waals surface area contributed by atoms with Crippen molar-refractivity contribution in [3.63, 3.8) is 0 Å². The van der Waals surface area contributed by atoms with E-state index in [-0.39, 0.29) is 17.3 Å². The molecule has 0 bridgehead atoms. The zero-order valence-electron chi connectivity index (χ0n) is 19.3. The number of benzene rings is 2. The first-order valence-electron chi connectivity index (χ1n) is 10.9. The molecule has 0 atom stereocenters. The van der Waals surface area contributed by atoms with Gasteiger partial charge in [0.15, 0.2) is 0 Å². The van der Waals surface area contributed by atoms with Crippen LogP contribution >= 0.6 is 0 Å². The maximum atomic E-state index is 12.0. The smallest absolute Gasteiger partial charge is 0.353 e. The summed E-state index contributed by atoms with van der Waals surface area (Å²) in [5.41, 5.74) is 4.43. The molecular weight excluding hydrogens is 436 g/mol. The Bertz CT molecular complexity index is 1210. The van der Waals surface area contributed by atoms with E-state index < -0.39 is 10.9 Å². The number of ether oxygens (including phenoxy) is 1. The van der Waals surface area contributed by atoms with Crippen molar-refractivity contribution in [2.45, 2.75) is 13.8 Å². The van der Waals surface area contributed by atoms with Gasteiger partial charge in [-0.1, -0.05) is 12.1 Å². The van der Waals surface area contributed by atoms with Gasteiger partial charge < -0.3 is 19.9 Å². The predicted octanol–water partition coefficient (Wildman–Crippen LogP) is 3.86. The van der Waals surface area contributed by atoms with Gasteiger partial charge in [-0.25, -0.2) is 14.8 Å². The first-order chi connectivity index (χ1) is 16.4. The van der Waals surface area contributed by atoms with Crippen LogP contribution in [-0.4, -0.2) is 54.1 Å². The van der Waals surface area contributed by atoms with Crippen molar-refractivity contribution in [3.05, 3.63) is 75.6 Å². The van der Waals surface area contributed by atoms with Crippen LogP contribution < -0.4 is 15.1 Å². The van der Waals surface area contributed by atoms with Crippen molar-refractivity contribution < 1.29 is 14.5 Å². The molecule has 2 heterocycles. The highest BCUT2D eigenvalue weighted by molar-refractivity contribution is 5.90. The molecule has 2 aromatic carbocycles. The molecule has 4 rings (SSSR count). The first-order valence-corrected chi connectivity index (χ1v) is 10.9. The lowest BCUT2D eigenvalue weighted by Gasteiger charge is -2.37. The molecular formula is C24H26N6O4. The summed E-state index contributed by atoms with van der Waals surface area (Å²) in [6, 6.07) is 12.7. The first kappa shape index (κ1) is 23.0. The third kappa shape index (κ3) is 4.61. The minimum Gasteiger partial charge on any atom is -0.465 e. The monoisotopic (exact) mass is 462 g/mol. The van der Waals surface area contributed by atoms with E-state index >= 15 is 0 Å². The molecule has 10 nitrogen and oxygen atoms in total. The lowest BCUT2D eigenvalue weighted by Crippen LogP contribution is -2.47. The zero-order valence-corrected chi connectivity index (χ0v) is 19.3. The van der Waals surface area contributed by atoms with Gasteiger partial charge in [0, 0.05) is 37.6 Å². The average Bonchev–Trinajstić information content (AvgIpc) is 2.85. The Labute approximate surface area is 197 Å². The molecule has 0 aliphatic carbocycles. The van der Waals surface area contributed by atoms with Gasteiger partial charge in [0.25, 0.3) is 0 Å². The number of aromatic nitrogens is 2. The minimum atomic E-state index is -0.461. The Balaban J connectivity index is 1.54. The molecule has 1 aliphatic rings. The Morgan fingerprint density at radius 1 is 1.03 bits per heavy atom. The molecule has 0 saturated carbocycles. The van der Waals surface area contributed by atoms with E-state index in [0.29, 0.717) is 24.3 Å². The summed E-state index contributed by atoms with van der Waals surface area (Å²) < 4.78 is 4.70. The van der Waals surface area contributed by atoms with Crippen molar-refractivity contribution in [2.75, 3.05) is 48.4 Å². The van der Waals surface area contributed by atoms with Gasteiger partial charge >= 0.3 is 11.7 Å². The molecule has 10 heteroatoms. The molecule has 0 unspecified atom stereocenters. The summed E-state index contributed by atoms with van der Waals surface area (Å²) in [6.45, 7) is 6.85. The molecule has 0 amide bonds. The number of carbonyl (C=O) groups excluding carboxylic acids is 1. The Hall–Kier alpha value is -4.21. The van der Waals surface area contributed by atoms with E-state index in [1.807, 2.05) is 4.90 Å². The van der Waals surface area contributed by atoms with E-state index in [4.69, 9.17) is 4.74 Å². The van der Waals surface area contributed by atoms with Crippen LogP contribution in [0.15, 0.2) is 48.8 Å². The number of methoxy groups -OCH3 is 1. The summed E-state index contributed by atoms with van der Waals surface area (Å²) in [4.78, 5) is 35.8. The minimum absolute atomic E-state index is 0.0952. The van der Waals surface area contributed by atoms with Crippen LogP contribution in [-0.2, 0) is 4.74 Å². The lowest BCUT2D eigenvalue weighted by atomic mass is 10.1. The quantitative estimate of drug-likeness (QED) is 0.331. The summed E-state index contributed by atoms with van der Waals surface area (Å²) in [5, 5.41) is 15.0. The number of nitro groups is 1. The number of hydrogen-bond acceptors (Lipinski definition) is 9. The van der Waals surface area contributed by atoms with E-state index in [2.05, 4.69) is 52.2 Å². The Morgan fingerprint density at radius 3 is 2.35 bits per heavy atom. The standard InChI is InChI=1S/C24H26N6O4/c1-16-5-4-6-20(17(16)2)28-11-13-29(14-12-28)23-21(30(32)33)22(25-15-26-23)27-19-9-7-18(8-10-19)24(31)34-3/h4-10,15H,11-14H2,1-3H3,(H,25,26,27). The topological polar surface area (TPSA) is 114 Å². The molecule has 34 heavy (non-hydrogen) atoms. The second-order valence-electron chi connectivity index (χ2n) is 8.04. The van der Waals surface area contributed by atoms with Crippen molar-refractivity contribution in [1.29, 1.82) is 0 Å². The van der Waals surface area contributed by atoms with Crippen LogP contribution in [0.1, 0.15) is 21.5 Å². The third-order valence-corrected chi connectivity index (χ3v) is 6.05. The molecule has 1 fully saturated rings. The fourth-order valence-electron chi connectivity index (χ4n) is 4.04.